The van der Waals surface area contributed by atoms with Crippen molar-refractivity contribution in [3.05, 3.63) is 58.6 Å². The van der Waals surface area contributed by atoms with Crippen LogP contribution >= 0.6 is 11.6 Å². The molecule has 0 aromatic heterocycles. The standard InChI is InChI=1S/C18H17ClN2O5/c1-25-17(23)11-6-7-14(18(24)26-2)15(8-11)21-16(22)10-20-13-5-3-4-12(19)9-13/h3-9,20H,10H2,1-2H3,(H,21,22). The molecule has 2 aromatic carbocycles. The molecule has 2 aromatic rings. The first-order valence-corrected chi connectivity index (χ1v) is 7.92. The minimum absolute atomic E-state index is 0.0661. The van der Waals surface area contributed by atoms with E-state index in [9.17, 15) is 14.4 Å². The lowest BCUT2D eigenvalue weighted by atomic mass is 10.1. The predicted molar refractivity (Wildman–Crippen MR) is 97.7 cm³/mol. The van der Waals surface area contributed by atoms with Crippen LogP contribution in [0, 0.1) is 0 Å². The van der Waals surface area contributed by atoms with Gasteiger partial charge in [0.05, 0.1) is 37.6 Å². The van der Waals surface area contributed by atoms with E-state index in [2.05, 4.69) is 15.4 Å². The second-order valence-electron chi connectivity index (χ2n) is 5.16. The highest BCUT2D eigenvalue weighted by molar-refractivity contribution is 6.30. The van der Waals surface area contributed by atoms with E-state index in [0.29, 0.717) is 10.7 Å². The number of halogens is 1. The number of hydrogen-bond acceptors (Lipinski definition) is 6. The smallest absolute Gasteiger partial charge is 0.339 e. The fraction of sp³-hybridized carbons (Fsp3) is 0.167. The highest BCUT2D eigenvalue weighted by Crippen LogP contribution is 2.20. The molecule has 0 radical (unpaired) electrons. The molecular weight excluding hydrogens is 360 g/mol. The van der Waals surface area contributed by atoms with E-state index in [0.717, 1.165) is 0 Å². The fourth-order valence-corrected chi connectivity index (χ4v) is 2.35. The Hall–Kier alpha value is -3.06. The summed E-state index contributed by atoms with van der Waals surface area (Å²) >= 11 is 5.89. The van der Waals surface area contributed by atoms with Gasteiger partial charge in [0.1, 0.15) is 0 Å². The zero-order valence-electron chi connectivity index (χ0n) is 14.2. The third-order valence-corrected chi connectivity index (χ3v) is 3.63. The summed E-state index contributed by atoms with van der Waals surface area (Å²) in [5.74, 6) is -1.65. The number of carbonyl (C=O) groups excluding carboxylic acids is 3. The van der Waals surface area contributed by atoms with Crippen molar-refractivity contribution in [2.45, 2.75) is 0 Å². The van der Waals surface area contributed by atoms with Crippen molar-refractivity contribution in [1.82, 2.24) is 0 Å². The summed E-state index contributed by atoms with van der Waals surface area (Å²) in [7, 11) is 2.46. The molecule has 7 nitrogen and oxygen atoms in total. The summed E-state index contributed by atoms with van der Waals surface area (Å²) in [5.41, 5.74) is 1.14. The Labute approximate surface area is 155 Å². The summed E-state index contributed by atoms with van der Waals surface area (Å²) in [6.45, 7) is -0.0661. The average Bonchev–Trinajstić information content (AvgIpc) is 2.65. The fourth-order valence-electron chi connectivity index (χ4n) is 2.16. The van der Waals surface area contributed by atoms with Crippen molar-refractivity contribution < 1.29 is 23.9 Å². The highest BCUT2D eigenvalue weighted by atomic mass is 35.5. The van der Waals surface area contributed by atoms with Crippen LogP contribution in [-0.4, -0.2) is 38.6 Å². The van der Waals surface area contributed by atoms with Crippen LogP contribution < -0.4 is 10.6 Å². The molecule has 1 amide bonds. The van der Waals surface area contributed by atoms with Crippen molar-refractivity contribution in [3.63, 3.8) is 0 Å². The Morgan fingerprint density at radius 2 is 1.73 bits per heavy atom. The number of benzene rings is 2. The van der Waals surface area contributed by atoms with Gasteiger partial charge in [0.2, 0.25) is 5.91 Å². The van der Waals surface area contributed by atoms with Gasteiger partial charge in [-0.05, 0) is 36.4 Å². The number of carbonyl (C=O) groups is 3. The number of ether oxygens (including phenoxy) is 2. The van der Waals surface area contributed by atoms with Crippen LogP contribution in [0.25, 0.3) is 0 Å². The van der Waals surface area contributed by atoms with E-state index in [4.69, 9.17) is 16.3 Å². The molecular formula is C18H17ClN2O5. The maximum atomic E-state index is 12.2. The molecule has 0 heterocycles. The molecule has 0 atom stereocenters. The normalized spacial score (nSPS) is 9.96. The average molecular weight is 377 g/mol. The van der Waals surface area contributed by atoms with E-state index in [1.165, 1.54) is 32.4 Å². The molecule has 2 N–H and O–H groups in total. The molecule has 2 rings (SSSR count). The molecule has 0 aliphatic carbocycles. The number of nitrogens with one attached hydrogen (secondary N) is 2. The number of esters is 2. The van der Waals surface area contributed by atoms with Gasteiger partial charge in [0.15, 0.2) is 0 Å². The van der Waals surface area contributed by atoms with Crippen LogP contribution in [-0.2, 0) is 14.3 Å². The third-order valence-electron chi connectivity index (χ3n) is 3.40. The third kappa shape index (κ3) is 4.97. The number of methoxy groups -OCH3 is 2. The van der Waals surface area contributed by atoms with E-state index >= 15 is 0 Å². The molecule has 0 saturated heterocycles. The van der Waals surface area contributed by atoms with Gasteiger partial charge in [-0.15, -0.1) is 0 Å². The van der Waals surface area contributed by atoms with Gasteiger partial charge in [-0.1, -0.05) is 17.7 Å². The minimum Gasteiger partial charge on any atom is -0.465 e. The first kappa shape index (κ1) is 19.3. The number of rotatable bonds is 6. The first-order chi connectivity index (χ1) is 12.4. The van der Waals surface area contributed by atoms with Gasteiger partial charge in [0, 0.05) is 10.7 Å². The maximum Gasteiger partial charge on any atom is 0.339 e. The van der Waals surface area contributed by atoms with Gasteiger partial charge in [-0.3, -0.25) is 4.79 Å². The van der Waals surface area contributed by atoms with E-state index < -0.39 is 17.8 Å². The largest absolute Gasteiger partial charge is 0.465 e. The molecule has 0 aliphatic heterocycles. The van der Waals surface area contributed by atoms with Crippen LogP contribution in [0.4, 0.5) is 11.4 Å². The van der Waals surface area contributed by atoms with Crippen molar-refractivity contribution >= 4 is 40.8 Å². The maximum absolute atomic E-state index is 12.2. The Kier molecular flexibility index (Phi) is 6.57. The van der Waals surface area contributed by atoms with Crippen LogP contribution in [0.2, 0.25) is 5.02 Å². The van der Waals surface area contributed by atoms with Crippen molar-refractivity contribution in [1.29, 1.82) is 0 Å². The summed E-state index contributed by atoms with van der Waals surface area (Å²) in [5, 5.41) is 6.04. The molecule has 0 unspecified atom stereocenters. The van der Waals surface area contributed by atoms with Gasteiger partial charge in [-0.2, -0.15) is 0 Å². The summed E-state index contributed by atoms with van der Waals surface area (Å²) in [4.78, 5) is 35.7. The van der Waals surface area contributed by atoms with E-state index in [1.54, 1.807) is 24.3 Å². The minimum atomic E-state index is -0.639. The molecule has 0 bridgehead atoms. The van der Waals surface area contributed by atoms with Gasteiger partial charge >= 0.3 is 11.9 Å². The second-order valence-corrected chi connectivity index (χ2v) is 5.59. The lowest BCUT2D eigenvalue weighted by Crippen LogP contribution is -2.23. The van der Waals surface area contributed by atoms with Crippen LogP contribution in [0.15, 0.2) is 42.5 Å². The summed E-state index contributed by atoms with van der Waals surface area (Å²) in [6.07, 6.45) is 0. The van der Waals surface area contributed by atoms with Crippen LogP contribution in [0.3, 0.4) is 0 Å². The topological polar surface area (TPSA) is 93.7 Å². The summed E-state index contributed by atoms with van der Waals surface area (Å²) in [6, 6.07) is 11.1. The van der Waals surface area contributed by atoms with Crippen molar-refractivity contribution in [2.24, 2.45) is 0 Å². The monoisotopic (exact) mass is 376 g/mol. The zero-order chi connectivity index (χ0) is 19.1. The Morgan fingerprint density at radius 1 is 1.00 bits per heavy atom. The molecule has 0 saturated carbocycles. The molecule has 0 fully saturated rings. The zero-order valence-corrected chi connectivity index (χ0v) is 14.9. The lowest BCUT2D eigenvalue weighted by Gasteiger charge is -2.12. The Balaban J connectivity index is 2.15. The van der Waals surface area contributed by atoms with Crippen LogP contribution in [0.5, 0.6) is 0 Å². The second kappa shape index (κ2) is 8.87. The molecule has 26 heavy (non-hydrogen) atoms. The number of amides is 1. The van der Waals surface area contributed by atoms with E-state index in [1.807, 2.05) is 0 Å². The SMILES string of the molecule is COC(=O)c1ccc(C(=O)OC)c(NC(=O)CNc2cccc(Cl)c2)c1. The molecule has 0 spiro atoms. The van der Waals surface area contributed by atoms with Crippen LogP contribution in [0.1, 0.15) is 20.7 Å². The predicted octanol–water partition coefficient (Wildman–Crippen LogP) is 2.96. The van der Waals surface area contributed by atoms with Gasteiger partial charge < -0.3 is 20.1 Å². The highest BCUT2D eigenvalue weighted by Gasteiger charge is 2.17. The molecule has 136 valence electrons. The van der Waals surface area contributed by atoms with Crippen molar-refractivity contribution in [3.8, 4) is 0 Å². The Bertz CT molecular complexity index is 838. The number of hydrogen-bond donors (Lipinski definition) is 2. The lowest BCUT2D eigenvalue weighted by molar-refractivity contribution is -0.114. The van der Waals surface area contributed by atoms with Crippen molar-refractivity contribution in [2.75, 3.05) is 31.4 Å². The Morgan fingerprint density at radius 3 is 2.38 bits per heavy atom. The number of anilines is 2. The first-order valence-electron chi connectivity index (χ1n) is 7.54. The molecule has 8 heteroatoms. The molecule has 0 aliphatic rings. The van der Waals surface area contributed by atoms with Gasteiger partial charge in [0.25, 0.3) is 0 Å². The van der Waals surface area contributed by atoms with E-state index in [-0.39, 0.29) is 23.4 Å². The summed E-state index contributed by atoms with van der Waals surface area (Å²) < 4.78 is 9.34. The van der Waals surface area contributed by atoms with Gasteiger partial charge in [-0.25, -0.2) is 9.59 Å². The quantitative estimate of drug-likeness (QED) is 0.753.